The van der Waals surface area contributed by atoms with Crippen LogP contribution >= 0.6 is 0 Å². The molecular formula is C16H16FN3. The molecule has 0 spiro atoms. The van der Waals surface area contributed by atoms with Crippen molar-refractivity contribution in [3.05, 3.63) is 58.7 Å². The van der Waals surface area contributed by atoms with E-state index in [1.165, 1.54) is 23.3 Å². The summed E-state index contributed by atoms with van der Waals surface area (Å²) in [6.07, 6.45) is 7.22. The summed E-state index contributed by atoms with van der Waals surface area (Å²) in [6.45, 7) is 0.432. The number of fused-ring (bicyclic) bond motifs is 1. The molecule has 0 saturated carbocycles. The summed E-state index contributed by atoms with van der Waals surface area (Å²) in [4.78, 5) is 0. The fourth-order valence-corrected chi connectivity index (χ4v) is 2.84. The predicted octanol–water partition coefficient (Wildman–Crippen LogP) is 2.88. The number of hydrogen-bond acceptors (Lipinski definition) is 2. The lowest BCUT2D eigenvalue weighted by Crippen LogP contribution is -2.15. The first-order valence-corrected chi connectivity index (χ1v) is 6.80. The van der Waals surface area contributed by atoms with Crippen LogP contribution in [0, 0.1) is 17.1 Å². The van der Waals surface area contributed by atoms with Crippen LogP contribution in [-0.2, 0) is 13.0 Å². The average Bonchev–Trinajstić information content (AvgIpc) is 2.85. The standard InChI is InChI=1S/C16H16FN3/c17-15-5-4-11(7-18)6-13(15)9-20-8-12-2-1-3-16(19)14(12)10-20/h4-6,8,10,16H,1-3,9,19H2. The average molecular weight is 269 g/mol. The SMILES string of the molecule is N#Cc1ccc(F)c(Cn2cc3c(c2)C(N)CCC3)c1. The van der Waals surface area contributed by atoms with Gasteiger partial charge in [0.15, 0.2) is 0 Å². The van der Waals surface area contributed by atoms with Crippen molar-refractivity contribution in [2.45, 2.75) is 31.8 Å². The highest BCUT2D eigenvalue weighted by Gasteiger charge is 2.19. The van der Waals surface area contributed by atoms with Crippen LogP contribution in [0.15, 0.2) is 30.6 Å². The van der Waals surface area contributed by atoms with Crippen molar-refractivity contribution in [3.63, 3.8) is 0 Å². The number of benzene rings is 1. The molecule has 0 saturated heterocycles. The molecular weight excluding hydrogens is 253 g/mol. The zero-order valence-corrected chi connectivity index (χ0v) is 11.1. The molecule has 3 rings (SSSR count). The molecule has 1 unspecified atom stereocenters. The van der Waals surface area contributed by atoms with E-state index in [0.29, 0.717) is 17.7 Å². The molecule has 1 aliphatic rings. The fraction of sp³-hybridized carbons (Fsp3) is 0.312. The number of nitrogens with two attached hydrogens (primary N) is 1. The van der Waals surface area contributed by atoms with E-state index in [1.54, 1.807) is 6.07 Å². The van der Waals surface area contributed by atoms with Gasteiger partial charge in [-0.3, -0.25) is 0 Å². The number of halogens is 1. The van der Waals surface area contributed by atoms with Gasteiger partial charge in [-0.25, -0.2) is 4.39 Å². The van der Waals surface area contributed by atoms with Crippen molar-refractivity contribution in [3.8, 4) is 6.07 Å². The maximum atomic E-state index is 13.8. The first kappa shape index (κ1) is 12.9. The van der Waals surface area contributed by atoms with Gasteiger partial charge in [0.25, 0.3) is 0 Å². The third-order valence-corrected chi connectivity index (χ3v) is 3.89. The highest BCUT2D eigenvalue weighted by molar-refractivity contribution is 5.35. The molecule has 0 amide bonds. The minimum Gasteiger partial charge on any atom is -0.349 e. The van der Waals surface area contributed by atoms with E-state index >= 15 is 0 Å². The number of aryl methyl sites for hydroxylation is 1. The first-order valence-electron chi connectivity index (χ1n) is 6.80. The Morgan fingerprint density at radius 3 is 3.00 bits per heavy atom. The van der Waals surface area contributed by atoms with E-state index in [-0.39, 0.29) is 11.9 Å². The Balaban J connectivity index is 1.90. The second kappa shape index (κ2) is 5.10. The van der Waals surface area contributed by atoms with Gasteiger partial charge in [-0.2, -0.15) is 5.26 Å². The van der Waals surface area contributed by atoms with E-state index < -0.39 is 0 Å². The monoisotopic (exact) mass is 269 g/mol. The molecule has 1 aromatic heterocycles. The van der Waals surface area contributed by atoms with Crippen molar-refractivity contribution in [2.75, 3.05) is 0 Å². The number of nitriles is 1. The summed E-state index contributed by atoms with van der Waals surface area (Å²) < 4.78 is 15.8. The molecule has 1 atom stereocenters. The Bertz CT molecular complexity index is 682. The number of aromatic nitrogens is 1. The lowest BCUT2D eigenvalue weighted by atomic mass is 9.92. The van der Waals surface area contributed by atoms with Gasteiger partial charge < -0.3 is 10.3 Å². The molecule has 2 aromatic rings. The van der Waals surface area contributed by atoms with E-state index in [2.05, 4.69) is 0 Å². The minimum atomic E-state index is -0.278. The highest BCUT2D eigenvalue weighted by Crippen LogP contribution is 2.29. The number of rotatable bonds is 2. The van der Waals surface area contributed by atoms with E-state index in [9.17, 15) is 4.39 Å². The van der Waals surface area contributed by atoms with Crippen molar-refractivity contribution in [1.82, 2.24) is 4.57 Å². The third kappa shape index (κ3) is 2.33. The van der Waals surface area contributed by atoms with Gasteiger partial charge in [0.1, 0.15) is 5.82 Å². The van der Waals surface area contributed by atoms with Crippen molar-refractivity contribution >= 4 is 0 Å². The largest absolute Gasteiger partial charge is 0.349 e. The molecule has 1 heterocycles. The summed E-state index contributed by atoms with van der Waals surface area (Å²) in [5.74, 6) is -0.278. The van der Waals surface area contributed by atoms with E-state index in [4.69, 9.17) is 11.0 Å². The van der Waals surface area contributed by atoms with E-state index in [1.807, 2.05) is 23.0 Å². The molecule has 102 valence electrons. The van der Waals surface area contributed by atoms with Crippen LogP contribution in [0.2, 0.25) is 0 Å². The predicted molar refractivity (Wildman–Crippen MR) is 74.5 cm³/mol. The first-order chi connectivity index (χ1) is 9.67. The van der Waals surface area contributed by atoms with Crippen molar-refractivity contribution in [1.29, 1.82) is 5.26 Å². The molecule has 0 fully saturated rings. The molecule has 1 aromatic carbocycles. The van der Waals surface area contributed by atoms with Crippen LogP contribution in [0.25, 0.3) is 0 Å². The molecule has 2 N–H and O–H groups in total. The number of nitrogens with zero attached hydrogens (tertiary/aromatic N) is 2. The second-order valence-electron chi connectivity index (χ2n) is 5.33. The Morgan fingerprint density at radius 2 is 2.25 bits per heavy atom. The van der Waals surface area contributed by atoms with Gasteiger partial charge >= 0.3 is 0 Å². The van der Waals surface area contributed by atoms with Gasteiger partial charge in [0.05, 0.1) is 11.6 Å². The second-order valence-corrected chi connectivity index (χ2v) is 5.33. The van der Waals surface area contributed by atoms with Crippen molar-refractivity contribution < 1.29 is 4.39 Å². The van der Waals surface area contributed by atoms with Crippen LogP contribution in [-0.4, -0.2) is 4.57 Å². The van der Waals surface area contributed by atoms with Crippen LogP contribution in [0.5, 0.6) is 0 Å². The highest BCUT2D eigenvalue weighted by atomic mass is 19.1. The topological polar surface area (TPSA) is 54.7 Å². The van der Waals surface area contributed by atoms with Gasteiger partial charge in [0, 0.05) is 30.5 Å². The lowest BCUT2D eigenvalue weighted by Gasteiger charge is -2.17. The summed E-state index contributed by atoms with van der Waals surface area (Å²) in [5.41, 5.74) is 9.55. The zero-order valence-electron chi connectivity index (χ0n) is 11.1. The van der Waals surface area contributed by atoms with Crippen LogP contribution in [0.3, 0.4) is 0 Å². The third-order valence-electron chi connectivity index (χ3n) is 3.89. The Morgan fingerprint density at radius 1 is 1.40 bits per heavy atom. The molecule has 20 heavy (non-hydrogen) atoms. The molecule has 0 aliphatic heterocycles. The maximum Gasteiger partial charge on any atom is 0.128 e. The lowest BCUT2D eigenvalue weighted by molar-refractivity contribution is 0.573. The molecule has 0 radical (unpaired) electrons. The molecule has 0 bridgehead atoms. The Labute approximate surface area is 117 Å². The summed E-state index contributed by atoms with van der Waals surface area (Å²) in [6, 6.07) is 6.58. The summed E-state index contributed by atoms with van der Waals surface area (Å²) >= 11 is 0. The van der Waals surface area contributed by atoms with Gasteiger partial charge in [-0.05, 0) is 48.6 Å². The fourth-order valence-electron chi connectivity index (χ4n) is 2.84. The van der Waals surface area contributed by atoms with Gasteiger partial charge in [-0.15, -0.1) is 0 Å². The molecule has 1 aliphatic carbocycles. The molecule has 3 nitrogen and oxygen atoms in total. The zero-order chi connectivity index (χ0) is 14.1. The smallest absolute Gasteiger partial charge is 0.128 e. The van der Waals surface area contributed by atoms with E-state index in [0.717, 1.165) is 19.3 Å². The summed E-state index contributed by atoms with van der Waals surface area (Å²) in [5, 5.41) is 8.89. The van der Waals surface area contributed by atoms with Crippen molar-refractivity contribution in [2.24, 2.45) is 5.73 Å². The quantitative estimate of drug-likeness (QED) is 0.911. The normalized spacial score (nSPS) is 17.6. The van der Waals surface area contributed by atoms with Gasteiger partial charge in [-0.1, -0.05) is 0 Å². The van der Waals surface area contributed by atoms with Gasteiger partial charge in [0.2, 0.25) is 0 Å². The minimum absolute atomic E-state index is 0.0929. The Hall–Kier alpha value is -2.12. The van der Waals surface area contributed by atoms with Crippen LogP contribution in [0.1, 0.15) is 41.1 Å². The molecule has 4 heteroatoms. The van der Waals surface area contributed by atoms with Crippen LogP contribution in [0.4, 0.5) is 4.39 Å². The summed E-state index contributed by atoms with van der Waals surface area (Å²) in [7, 11) is 0. The number of hydrogen-bond donors (Lipinski definition) is 1. The Kier molecular flexibility index (Phi) is 3.29. The maximum absolute atomic E-state index is 13.8. The van der Waals surface area contributed by atoms with Crippen LogP contribution < -0.4 is 5.73 Å².